The summed E-state index contributed by atoms with van der Waals surface area (Å²) in [6, 6.07) is 7.22. The first-order valence-electron chi connectivity index (χ1n) is 8.24. The number of carbonyl (C=O) groups excluding carboxylic acids is 1. The predicted molar refractivity (Wildman–Crippen MR) is 87.5 cm³/mol. The molecule has 0 aliphatic heterocycles. The normalized spacial score (nSPS) is 16.1. The number of aromatic nitrogens is 1. The van der Waals surface area contributed by atoms with E-state index in [1.807, 2.05) is 12.1 Å². The van der Waals surface area contributed by atoms with Crippen LogP contribution >= 0.6 is 0 Å². The molecule has 24 heavy (non-hydrogen) atoms. The molecule has 1 heterocycles. The van der Waals surface area contributed by atoms with Crippen LogP contribution in [0.3, 0.4) is 0 Å². The number of nitrogens with zero attached hydrogens (tertiary/aromatic N) is 1. The van der Waals surface area contributed by atoms with Crippen molar-refractivity contribution < 1.29 is 13.6 Å². The molecule has 1 N–H and O–H groups in total. The third-order valence-corrected chi connectivity index (χ3v) is 4.76. The molecule has 0 atom stereocenters. The Morgan fingerprint density at radius 2 is 1.71 bits per heavy atom. The molecule has 1 aliphatic rings. The summed E-state index contributed by atoms with van der Waals surface area (Å²) in [6.45, 7) is 0.488. The topological polar surface area (TPSA) is 42.0 Å². The number of nitrogens with one attached hydrogen (secondary N) is 1. The average Bonchev–Trinajstić information content (AvgIpc) is 3.06. The van der Waals surface area contributed by atoms with Crippen LogP contribution in [-0.4, -0.2) is 17.4 Å². The van der Waals surface area contributed by atoms with Crippen molar-refractivity contribution in [1.82, 2.24) is 10.3 Å². The van der Waals surface area contributed by atoms with E-state index in [1.165, 1.54) is 12.1 Å². The van der Waals surface area contributed by atoms with Crippen molar-refractivity contribution in [2.24, 2.45) is 0 Å². The number of amides is 1. The van der Waals surface area contributed by atoms with Crippen LogP contribution in [0.5, 0.6) is 0 Å². The molecule has 0 saturated heterocycles. The highest BCUT2D eigenvalue weighted by molar-refractivity contribution is 5.88. The minimum atomic E-state index is -0.818. The Bertz CT molecular complexity index is 692. The lowest BCUT2D eigenvalue weighted by Gasteiger charge is -2.28. The molecule has 0 unspecified atom stereocenters. The van der Waals surface area contributed by atoms with Crippen LogP contribution < -0.4 is 5.32 Å². The van der Waals surface area contributed by atoms with Crippen molar-refractivity contribution in [3.8, 4) is 0 Å². The molecule has 2 aromatic rings. The zero-order valence-corrected chi connectivity index (χ0v) is 13.4. The fourth-order valence-corrected chi connectivity index (χ4v) is 3.49. The third kappa shape index (κ3) is 3.45. The summed E-state index contributed by atoms with van der Waals surface area (Å²) in [5, 5.41) is 2.95. The molecule has 0 spiro atoms. The van der Waals surface area contributed by atoms with Crippen LogP contribution in [0.2, 0.25) is 0 Å². The molecule has 1 amide bonds. The maximum atomic E-state index is 13.6. The number of carbonyl (C=O) groups is 1. The van der Waals surface area contributed by atoms with Gasteiger partial charge in [-0.05, 0) is 54.7 Å². The van der Waals surface area contributed by atoms with Gasteiger partial charge < -0.3 is 5.32 Å². The van der Waals surface area contributed by atoms with E-state index in [1.54, 1.807) is 12.4 Å². The Kier molecular flexibility index (Phi) is 4.88. The van der Waals surface area contributed by atoms with E-state index in [9.17, 15) is 13.6 Å². The van der Waals surface area contributed by atoms with E-state index in [2.05, 4.69) is 10.3 Å². The Morgan fingerprint density at radius 3 is 2.33 bits per heavy atom. The minimum Gasteiger partial charge on any atom is -0.355 e. The maximum Gasteiger partial charge on any atom is 0.230 e. The van der Waals surface area contributed by atoms with Gasteiger partial charge in [0.15, 0.2) is 0 Å². The second kappa shape index (κ2) is 7.07. The van der Waals surface area contributed by atoms with Gasteiger partial charge in [-0.25, -0.2) is 8.78 Å². The standard InChI is InChI=1S/C19H20F2N2O/c20-16-11-15(12-17(21)13-16)19(6-1-2-7-19)18(24)23-10-5-14-3-8-22-9-4-14/h3-4,8-9,11-13H,1-2,5-7,10H2,(H,23,24). The van der Waals surface area contributed by atoms with Gasteiger partial charge in [0.2, 0.25) is 5.91 Å². The van der Waals surface area contributed by atoms with Crippen LogP contribution in [0.25, 0.3) is 0 Å². The van der Waals surface area contributed by atoms with E-state index in [4.69, 9.17) is 0 Å². The van der Waals surface area contributed by atoms with Crippen molar-refractivity contribution in [2.45, 2.75) is 37.5 Å². The van der Waals surface area contributed by atoms with Gasteiger partial charge in [0.05, 0.1) is 5.41 Å². The summed E-state index contributed by atoms with van der Waals surface area (Å²) in [4.78, 5) is 16.8. The van der Waals surface area contributed by atoms with Gasteiger partial charge in [0.25, 0.3) is 0 Å². The molecular weight excluding hydrogens is 310 g/mol. The molecule has 1 aromatic carbocycles. The molecule has 0 bridgehead atoms. The molecule has 3 rings (SSSR count). The number of rotatable bonds is 5. The maximum absolute atomic E-state index is 13.6. The molecule has 1 fully saturated rings. The number of benzene rings is 1. The van der Waals surface area contributed by atoms with Gasteiger partial charge in [-0.15, -0.1) is 0 Å². The zero-order chi connectivity index (χ0) is 17.0. The zero-order valence-electron chi connectivity index (χ0n) is 13.4. The van der Waals surface area contributed by atoms with E-state index in [-0.39, 0.29) is 5.91 Å². The Hall–Kier alpha value is -2.30. The molecule has 5 heteroatoms. The Morgan fingerprint density at radius 1 is 1.08 bits per heavy atom. The summed E-state index contributed by atoms with van der Waals surface area (Å²) < 4.78 is 27.2. The predicted octanol–water partition coefficient (Wildman–Crippen LogP) is 3.53. The van der Waals surface area contributed by atoms with E-state index in [0.717, 1.165) is 24.5 Å². The lowest BCUT2D eigenvalue weighted by Crippen LogP contribution is -2.43. The largest absolute Gasteiger partial charge is 0.355 e. The van der Waals surface area contributed by atoms with Gasteiger partial charge in [-0.2, -0.15) is 0 Å². The number of halogens is 2. The van der Waals surface area contributed by atoms with Crippen LogP contribution in [0.1, 0.15) is 36.8 Å². The smallest absolute Gasteiger partial charge is 0.230 e. The molecule has 1 aliphatic carbocycles. The molecule has 1 aromatic heterocycles. The summed E-state index contributed by atoms with van der Waals surface area (Å²) in [5.74, 6) is -1.42. The van der Waals surface area contributed by atoms with Gasteiger partial charge in [0, 0.05) is 25.0 Å². The van der Waals surface area contributed by atoms with Crippen molar-refractivity contribution in [3.63, 3.8) is 0 Å². The summed E-state index contributed by atoms with van der Waals surface area (Å²) in [7, 11) is 0. The van der Waals surface area contributed by atoms with E-state index >= 15 is 0 Å². The number of hydrogen-bond donors (Lipinski definition) is 1. The summed E-state index contributed by atoms with van der Waals surface area (Å²) in [6.07, 6.45) is 7.14. The number of hydrogen-bond acceptors (Lipinski definition) is 2. The van der Waals surface area contributed by atoms with Gasteiger partial charge in [-0.1, -0.05) is 12.8 Å². The Labute approximate surface area is 140 Å². The van der Waals surface area contributed by atoms with Crippen LogP contribution in [-0.2, 0) is 16.6 Å². The highest BCUT2D eigenvalue weighted by atomic mass is 19.1. The fraction of sp³-hybridized carbons (Fsp3) is 0.368. The quantitative estimate of drug-likeness (QED) is 0.911. The third-order valence-electron chi connectivity index (χ3n) is 4.76. The molecule has 0 radical (unpaired) electrons. The van der Waals surface area contributed by atoms with Crippen molar-refractivity contribution >= 4 is 5.91 Å². The molecule has 1 saturated carbocycles. The second-order valence-corrected chi connectivity index (χ2v) is 6.31. The van der Waals surface area contributed by atoms with Crippen LogP contribution in [0.15, 0.2) is 42.7 Å². The lowest BCUT2D eigenvalue weighted by molar-refractivity contribution is -0.126. The van der Waals surface area contributed by atoms with Crippen LogP contribution in [0, 0.1) is 11.6 Å². The fourth-order valence-electron chi connectivity index (χ4n) is 3.49. The first-order valence-corrected chi connectivity index (χ1v) is 8.24. The highest BCUT2D eigenvalue weighted by Gasteiger charge is 2.42. The SMILES string of the molecule is O=C(NCCc1ccncc1)C1(c2cc(F)cc(F)c2)CCCC1. The van der Waals surface area contributed by atoms with Crippen molar-refractivity contribution in [3.05, 3.63) is 65.5 Å². The first-order chi connectivity index (χ1) is 11.6. The minimum absolute atomic E-state index is 0.140. The summed E-state index contributed by atoms with van der Waals surface area (Å²) in [5.41, 5.74) is 0.711. The van der Waals surface area contributed by atoms with Crippen molar-refractivity contribution in [1.29, 1.82) is 0 Å². The average molecular weight is 330 g/mol. The second-order valence-electron chi connectivity index (χ2n) is 6.31. The Balaban J connectivity index is 1.74. The molecule has 126 valence electrons. The van der Waals surface area contributed by atoms with Crippen LogP contribution in [0.4, 0.5) is 8.78 Å². The highest BCUT2D eigenvalue weighted by Crippen LogP contribution is 2.41. The van der Waals surface area contributed by atoms with Gasteiger partial charge in [-0.3, -0.25) is 9.78 Å². The first kappa shape index (κ1) is 16.6. The van der Waals surface area contributed by atoms with E-state index in [0.29, 0.717) is 31.4 Å². The van der Waals surface area contributed by atoms with Crippen molar-refractivity contribution in [2.75, 3.05) is 6.54 Å². The monoisotopic (exact) mass is 330 g/mol. The lowest BCUT2D eigenvalue weighted by atomic mass is 9.78. The molecular formula is C19H20F2N2O. The molecule has 3 nitrogen and oxygen atoms in total. The summed E-state index contributed by atoms with van der Waals surface area (Å²) >= 11 is 0. The van der Waals surface area contributed by atoms with E-state index < -0.39 is 17.0 Å². The van der Waals surface area contributed by atoms with Gasteiger partial charge >= 0.3 is 0 Å². The number of pyridine rings is 1. The van der Waals surface area contributed by atoms with Gasteiger partial charge in [0.1, 0.15) is 11.6 Å².